The van der Waals surface area contributed by atoms with Crippen LogP contribution in [0.25, 0.3) is 0 Å². The number of nitrogens with two attached hydrogens (primary N) is 1. The molecule has 3 nitrogen and oxygen atoms in total. The summed E-state index contributed by atoms with van der Waals surface area (Å²) in [4.78, 5) is 2.21. The Kier molecular flexibility index (Phi) is 3.78. The van der Waals surface area contributed by atoms with Gasteiger partial charge in [0.25, 0.3) is 0 Å². The summed E-state index contributed by atoms with van der Waals surface area (Å²) < 4.78 is 19.1. The molecule has 1 saturated heterocycles. The molecule has 0 amide bonds. The van der Waals surface area contributed by atoms with Crippen molar-refractivity contribution in [1.82, 2.24) is 4.90 Å². The highest BCUT2D eigenvalue weighted by Gasteiger charge is 2.14. The van der Waals surface area contributed by atoms with Gasteiger partial charge in [0.15, 0.2) is 0 Å². The molecule has 1 fully saturated rings. The van der Waals surface area contributed by atoms with Crippen molar-refractivity contribution in [2.75, 3.05) is 32.0 Å². The highest BCUT2D eigenvalue weighted by Crippen LogP contribution is 2.26. The van der Waals surface area contributed by atoms with Crippen LogP contribution >= 0.6 is 15.9 Å². The van der Waals surface area contributed by atoms with Gasteiger partial charge in [-0.25, -0.2) is 4.39 Å². The average Bonchev–Trinajstić information content (AvgIpc) is 2.27. The van der Waals surface area contributed by atoms with Crippen LogP contribution in [0.15, 0.2) is 16.6 Å². The Hall–Kier alpha value is -0.650. The minimum absolute atomic E-state index is 0.260. The smallest absolute Gasteiger partial charge is 0.124 e. The lowest BCUT2D eigenvalue weighted by Gasteiger charge is -2.27. The minimum Gasteiger partial charge on any atom is -0.398 e. The number of hydrogen-bond acceptors (Lipinski definition) is 3. The molecule has 0 unspecified atom stereocenters. The molecule has 0 atom stereocenters. The minimum atomic E-state index is -0.260. The van der Waals surface area contributed by atoms with Crippen LogP contribution in [0.2, 0.25) is 0 Å². The molecule has 5 heteroatoms. The number of hydrogen-bond donors (Lipinski definition) is 1. The second-order valence-electron chi connectivity index (χ2n) is 3.85. The van der Waals surface area contributed by atoms with E-state index in [2.05, 4.69) is 20.8 Å². The van der Waals surface area contributed by atoms with Gasteiger partial charge in [0.1, 0.15) is 5.82 Å². The molecule has 88 valence electrons. The van der Waals surface area contributed by atoms with E-state index in [0.717, 1.165) is 31.9 Å². The van der Waals surface area contributed by atoms with Gasteiger partial charge in [-0.3, -0.25) is 4.90 Å². The number of anilines is 1. The fraction of sp³-hybridized carbons (Fsp3) is 0.455. The molecule has 16 heavy (non-hydrogen) atoms. The Morgan fingerprint density at radius 1 is 1.38 bits per heavy atom. The fourth-order valence-corrected chi connectivity index (χ4v) is 2.24. The van der Waals surface area contributed by atoms with Crippen molar-refractivity contribution in [2.24, 2.45) is 0 Å². The Bertz CT molecular complexity index is 380. The summed E-state index contributed by atoms with van der Waals surface area (Å²) in [6.45, 7) is 3.87. The van der Waals surface area contributed by atoms with Crippen molar-refractivity contribution in [3.63, 3.8) is 0 Å². The first-order chi connectivity index (χ1) is 7.66. The van der Waals surface area contributed by atoms with Gasteiger partial charge < -0.3 is 10.5 Å². The molecule has 0 bridgehead atoms. The Morgan fingerprint density at radius 3 is 2.75 bits per heavy atom. The summed E-state index contributed by atoms with van der Waals surface area (Å²) in [6, 6.07) is 2.88. The van der Waals surface area contributed by atoms with E-state index in [1.165, 1.54) is 12.1 Å². The van der Waals surface area contributed by atoms with Gasteiger partial charge in [0, 0.05) is 24.1 Å². The van der Waals surface area contributed by atoms with Crippen LogP contribution in [0.3, 0.4) is 0 Å². The van der Waals surface area contributed by atoms with E-state index >= 15 is 0 Å². The standard InChI is InChI=1S/C11H14BrFN2O/c12-10-6-9(13)5-8(11(10)14)7-15-1-3-16-4-2-15/h5-6H,1-4,7,14H2. The van der Waals surface area contributed by atoms with E-state index in [-0.39, 0.29) is 5.82 Å². The van der Waals surface area contributed by atoms with Gasteiger partial charge in [-0.1, -0.05) is 0 Å². The molecule has 0 saturated carbocycles. The van der Waals surface area contributed by atoms with E-state index in [1.54, 1.807) is 0 Å². The SMILES string of the molecule is Nc1c(Br)cc(F)cc1CN1CCOCC1. The van der Waals surface area contributed by atoms with E-state index in [9.17, 15) is 4.39 Å². The van der Waals surface area contributed by atoms with E-state index < -0.39 is 0 Å². The van der Waals surface area contributed by atoms with Crippen molar-refractivity contribution < 1.29 is 9.13 Å². The Morgan fingerprint density at radius 2 is 2.06 bits per heavy atom. The third-order valence-electron chi connectivity index (χ3n) is 2.68. The molecule has 1 aliphatic heterocycles. The lowest BCUT2D eigenvalue weighted by atomic mass is 10.1. The molecule has 1 heterocycles. The van der Waals surface area contributed by atoms with Gasteiger partial charge in [0.05, 0.1) is 18.9 Å². The van der Waals surface area contributed by atoms with Crippen LogP contribution in [0, 0.1) is 5.82 Å². The molecule has 1 aromatic rings. The predicted octanol–water partition coefficient (Wildman–Crippen LogP) is 2.00. The molecular weight excluding hydrogens is 275 g/mol. The zero-order valence-electron chi connectivity index (χ0n) is 8.88. The first-order valence-corrected chi connectivity index (χ1v) is 5.99. The van der Waals surface area contributed by atoms with Crippen LogP contribution in [-0.2, 0) is 11.3 Å². The van der Waals surface area contributed by atoms with Crippen LogP contribution in [0.4, 0.5) is 10.1 Å². The molecule has 0 aromatic heterocycles. The third kappa shape index (κ3) is 2.72. The topological polar surface area (TPSA) is 38.5 Å². The first-order valence-electron chi connectivity index (χ1n) is 5.20. The van der Waals surface area contributed by atoms with Gasteiger partial charge >= 0.3 is 0 Å². The number of rotatable bonds is 2. The summed E-state index contributed by atoms with van der Waals surface area (Å²) in [5.41, 5.74) is 7.34. The molecule has 0 radical (unpaired) electrons. The van der Waals surface area contributed by atoms with Gasteiger partial charge in [-0.05, 0) is 33.6 Å². The number of morpholine rings is 1. The lowest BCUT2D eigenvalue weighted by Crippen LogP contribution is -2.35. The van der Waals surface area contributed by atoms with Crippen LogP contribution in [0.5, 0.6) is 0 Å². The van der Waals surface area contributed by atoms with Gasteiger partial charge in [-0.15, -0.1) is 0 Å². The van der Waals surface area contributed by atoms with E-state index in [4.69, 9.17) is 10.5 Å². The van der Waals surface area contributed by atoms with Crippen LogP contribution < -0.4 is 5.73 Å². The number of ether oxygens (including phenoxy) is 1. The maximum Gasteiger partial charge on any atom is 0.124 e. The molecule has 0 aliphatic carbocycles. The fourth-order valence-electron chi connectivity index (χ4n) is 1.77. The quantitative estimate of drug-likeness (QED) is 0.846. The summed E-state index contributed by atoms with van der Waals surface area (Å²) in [5.74, 6) is -0.260. The predicted molar refractivity (Wildman–Crippen MR) is 64.6 cm³/mol. The molecule has 2 rings (SSSR count). The van der Waals surface area contributed by atoms with Crippen molar-refractivity contribution >= 4 is 21.6 Å². The van der Waals surface area contributed by atoms with Crippen molar-refractivity contribution in [3.05, 3.63) is 28.0 Å². The second kappa shape index (κ2) is 5.12. The number of nitrogens with zero attached hydrogens (tertiary/aromatic N) is 1. The molecule has 2 N–H and O–H groups in total. The normalized spacial score (nSPS) is 17.6. The highest BCUT2D eigenvalue weighted by molar-refractivity contribution is 9.10. The van der Waals surface area contributed by atoms with Crippen LogP contribution in [0.1, 0.15) is 5.56 Å². The number of benzene rings is 1. The number of halogens is 2. The molecular formula is C11H14BrFN2O. The summed E-state index contributed by atoms with van der Waals surface area (Å²) >= 11 is 3.25. The van der Waals surface area contributed by atoms with E-state index in [0.29, 0.717) is 16.7 Å². The Labute approximate surface area is 102 Å². The monoisotopic (exact) mass is 288 g/mol. The largest absolute Gasteiger partial charge is 0.398 e. The van der Waals surface area contributed by atoms with Gasteiger partial charge in [-0.2, -0.15) is 0 Å². The second-order valence-corrected chi connectivity index (χ2v) is 4.70. The zero-order valence-corrected chi connectivity index (χ0v) is 10.5. The molecule has 1 aromatic carbocycles. The van der Waals surface area contributed by atoms with Gasteiger partial charge in [0.2, 0.25) is 0 Å². The van der Waals surface area contributed by atoms with Crippen molar-refractivity contribution in [3.8, 4) is 0 Å². The first kappa shape index (κ1) is 11.8. The highest BCUT2D eigenvalue weighted by atomic mass is 79.9. The maximum atomic E-state index is 13.2. The zero-order chi connectivity index (χ0) is 11.5. The van der Waals surface area contributed by atoms with Crippen LogP contribution in [-0.4, -0.2) is 31.2 Å². The molecule has 1 aliphatic rings. The lowest BCUT2D eigenvalue weighted by molar-refractivity contribution is 0.0342. The van der Waals surface area contributed by atoms with Crippen molar-refractivity contribution in [2.45, 2.75) is 6.54 Å². The number of nitrogen functional groups attached to an aromatic ring is 1. The molecule has 0 spiro atoms. The summed E-state index contributed by atoms with van der Waals surface area (Å²) in [7, 11) is 0. The van der Waals surface area contributed by atoms with Crippen molar-refractivity contribution in [1.29, 1.82) is 0 Å². The summed E-state index contributed by atoms with van der Waals surface area (Å²) in [5, 5.41) is 0. The van der Waals surface area contributed by atoms with E-state index in [1.807, 2.05) is 0 Å². The Balaban J connectivity index is 2.13. The summed E-state index contributed by atoms with van der Waals surface area (Å²) in [6.07, 6.45) is 0. The average molecular weight is 289 g/mol. The maximum absolute atomic E-state index is 13.2. The third-order valence-corrected chi connectivity index (χ3v) is 3.33.